The van der Waals surface area contributed by atoms with Gasteiger partial charge in [0.25, 0.3) is 0 Å². The van der Waals surface area contributed by atoms with Gasteiger partial charge in [0.05, 0.1) is 0 Å². The largest absolute Gasteiger partial charge is 0.121 e. The molecule has 98 valence electrons. The number of rotatable bonds is 2. The maximum Gasteiger partial charge on any atom is 0.0234 e. The first kappa shape index (κ1) is 13.3. The van der Waals surface area contributed by atoms with Crippen molar-refractivity contribution in [3.8, 4) is 0 Å². The zero-order chi connectivity index (χ0) is 13.1. The lowest BCUT2D eigenvalue weighted by Crippen LogP contribution is -2.00. The van der Waals surface area contributed by atoms with Crippen molar-refractivity contribution in [1.29, 1.82) is 0 Å². The van der Waals surface area contributed by atoms with Gasteiger partial charge in [0.1, 0.15) is 0 Å². The standard InChI is InChI=1S/C17H17BrS/c18-10-4-8-13-7-3-9-17-16(13)11-14-5-1-2-6-15(14)12-19-17/h1-3,5-6,8-9H,4,7,10-12H2. The zero-order valence-corrected chi connectivity index (χ0v) is 13.3. The Balaban J connectivity index is 1.97. The summed E-state index contributed by atoms with van der Waals surface area (Å²) in [5, 5.41) is 1.05. The van der Waals surface area contributed by atoms with Crippen molar-refractivity contribution >= 4 is 27.7 Å². The van der Waals surface area contributed by atoms with Crippen molar-refractivity contribution < 1.29 is 0 Å². The van der Waals surface area contributed by atoms with Gasteiger partial charge in [0.2, 0.25) is 0 Å². The van der Waals surface area contributed by atoms with E-state index in [0.717, 1.165) is 30.3 Å². The van der Waals surface area contributed by atoms with Gasteiger partial charge < -0.3 is 0 Å². The van der Waals surface area contributed by atoms with E-state index in [-0.39, 0.29) is 0 Å². The van der Waals surface area contributed by atoms with Crippen molar-refractivity contribution in [2.75, 3.05) is 5.33 Å². The molecule has 2 heteroatoms. The van der Waals surface area contributed by atoms with Crippen LogP contribution in [0.2, 0.25) is 0 Å². The molecule has 0 bridgehead atoms. The third-order valence-electron chi connectivity index (χ3n) is 3.66. The van der Waals surface area contributed by atoms with Gasteiger partial charge in [-0.05, 0) is 41.5 Å². The minimum absolute atomic E-state index is 1.05. The lowest BCUT2D eigenvalue weighted by Gasteiger charge is -2.17. The Labute approximate surface area is 127 Å². The number of benzene rings is 1. The highest BCUT2D eigenvalue weighted by molar-refractivity contribution is 9.09. The van der Waals surface area contributed by atoms with Gasteiger partial charge in [-0.2, -0.15) is 0 Å². The summed E-state index contributed by atoms with van der Waals surface area (Å²) < 4.78 is 0. The fourth-order valence-corrected chi connectivity index (χ4v) is 4.05. The normalized spacial score (nSPS) is 20.2. The molecule has 1 aliphatic heterocycles. The Bertz CT molecular complexity index is 566. The molecular weight excluding hydrogens is 316 g/mol. The molecule has 19 heavy (non-hydrogen) atoms. The average molecular weight is 333 g/mol. The molecule has 0 fully saturated rings. The van der Waals surface area contributed by atoms with E-state index >= 15 is 0 Å². The van der Waals surface area contributed by atoms with Crippen LogP contribution in [0.15, 0.2) is 58.5 Å². The van der Waals surface area contributed by atoms with E-state index in [1.54, 1.807) is 5.57 Å². The highest BCUT2D eigenvalue weighted by atomic mass is 79.9. The van der Waals surface area contributed by atoms with Gasteiger partial charge in [-0.1, -0.05) is 58.4 Å². The van der Waals surface area contributed by atoms with Gasteiger partial charge >= 0.3 is 0 Å². The van der Waals surface area contributed by atoms with E-state index in [9.17, 15) is 0 Å². The molecule has 3 rings (SSSR count). The fourth-order valence-electron chi connectivity index (χ4n) is 2.66. The molecule has 0 aromatic heterocycles. The molecule has 0 nitrogen and oxygen atoms in total. The van der Waals surface area contributed by atoms with Crippen LogP contribution >= 0.6 is 27.7 Å². The first-order valence-corrected chi connectivity index (χ1v) is 8.84. The molecule has 0 amide bonds. The predicted octanol–water partition coefficient (Wildman–Crippen LogP) is 5.40. The summed E-state index contributed by atoms with van der Waals surface area (Å²) in [4.78, 5) is 1.48. The second-order valence-corrected chi connectivity index (χ2v) is 6.70. The number of hydrogen-bond acceptors (Lipinski definition) is 1. The Morgan fingerprint density at radius 3 is 2.89 bits per heavy atom. The molecule has 0 unspecified atom stereocenters. The second-order valence-electron chi connectivity index (χ2n) is 4.89. The third kappa shape index (κ3) is 2.90. The summed E-state index contributed by atoms with van der Waals surface area (Å²) in [5.74, 6) is 1.10. The summed E-state index contributed by atoms with van der Waals surface area (Å²) in [5.41, 5.74) is 6.08. The van der Waals surface area contributed by atoms with Crippen LogP contribution in [-0.4, -0.2) is 5.33 Å². The van der Waals surface area contributed by atoms with Crippen molar-refractivity contribution in [2.45, 2.75) is 25.0 Å². The van der Waals surface area contributed by atoms with Crippen LogP contribution in [0.5, 0.6) is 0 Å². The minimum Gasteiger partial charge on any atom is -0.121 e. The molecular formula is C17H17BrS. The Morgan fingerprint density at radius 1 is 1.21 bits per heavy atom. The number of halogens is 1. The summed E-state index contributed by atoms with van der Waals surface area (Å²) in [7, 11) is 0. The Morgan fingerprint density at radius 2 is 2.05 bits per heavy atom. The monoisotopic (exact) mass is 332 g/mol. The van der Waals surface area contributed by atoms with Gasteiger partial charge in [-0.25, -0.2) is 0 Å². The molecule has 0 saturated heterocycles. The fraction of sp³-hybridized carbons (Fsp3) is 0.294. The maximum atomic E-state index is 3.52. The lowest BCUT2D eigenvalue weighted by molar-refractivity contribution is 1.05. The molecule has 0 N–H and O–H groups in total. The van der Waals surface area contributed by atoms with E-state index in [1.807, 2.05) is 11.8 Å². The van der Waals surface area contributed by atoms with E-state index in [0.29, 0.717) is 0 Å². The first-order valence-electron chi connectivity index (χ1n) is 6.73. The molecule has 1 aliphatic carbocycles. The highest BCUT2D eigenvalue weighted by Gasteiger charge is 2.19. The third-order valence-corrected chi connectivity index (χ3v) is 5.27. The lowest BCUT2D eigenvalue weighted by atomic mass is 9.90. The van der Waals surface area contributed by atoms with E-state index in [1.165, 1.54) is 21.6 Å². The van der Waals surface area contributed by atoms with Crippen molar-refractivity contribution in [2.24, 2.45) is 0 Å². The minimum atomic E-state index is 1.05. The molecule has 1 heterocycles. The number of alkyl halides is 1. The molecule has 0 spiro atoms. The Hall–Kier alpha value is -0.730. The molecule has 0 saturated carbocycles. The van der Waals surface area contributed by atoms with Gasteiger partial charge in [-0.15, -0.1) is 11.8 Å². The summed E-state index contributed by atoms with van der Waals surface area (Å²) in [6.07, 6.45) is 10.3. The molecule has 1 aromatic rings. The number of allylic oxidation sites excluding steroid dienone is 5. The SMILES string of the molecule is BrCCC=C1CC=CC2=C1Cc1ccccc1CS2. The smallest absolute Gasteiger partial charge is 0.0234 e. The van der Waals surface area contributed by atoms with Crippen molar-refractivity contribution in [3.05, 3.63) is 69.7 Å². The van der Waals surface area contributed by atoms with Crippen molar-refractivity contribution in [1.82, 2.24) is 0 Å². The Kier molecular flexibility index (Phi) is 4.29. The van der Waals surface area contributed by atoms with E-state index < -0.39 is 0 Å². The average Bonchev–Trinajstić information content (AvgIpc) is 2.64. The quantitative estimate of drug-likeness (QED) is 0.653. The van der Waals surface area contributed by atoms with Crippen molar-refractivity contribution in [3.63, 3.8) is 0 Å². The summed E-state index contributed by atoms with van der Waals surface area (Å²) >= 11 is 5.51. The van der Waals surface area contributed by atoms with Gasteiger partial charge in [0, 0.05) is 16.0 Å². The number of hydrogen-bond donors (Lipinski definition) is 0. The number of fused-ring (bicyclic) bond motifs is 1. The van der Waals surface area contributed by atoms with Gasteiger partial charge in [0.15, 0.2) is 0 Å². The van der Waals surface area contributed by atoms with Crippen LogP contribution in [0.3, 0.4) is 0 Å². The maximum absolute atomic E-state index is 3.52. The van der Waals surface area contributed by atoms with Crippen LogP contribution < -0.4 is 0 Å². The van der Waals surface area contributed by atoms with Crippen LogP contribution in [0.25, 0.3) is 0 Å². The van der Waals surface area contributed by atoms with E-state index in [2.05, 4.69) is 58.4 Å². The van der Waals surface area contributed by atoms with Gasteiger partial charge in [-0.3, -0.25) is 0 Å². The molecule has 0 atom stereocenters. The zero-order valence-electron chi connectivity index (χ0n) is 10.9. The molecule has 2 aliphatic rings. The van der Waals surface area contributed by atoms with Crippen LogP contribution in [0.1, 0.15) is 24.0 Å². The van der Waals surface area contributed by atoms with E-state index in [4.69, 9.17) is 0 Å². The molecule has 0 radical (unpaired) electrons. The summed E-state index contributed by atoms with van der Waals surface area (Å²) in [6, 6.07) is 8.87. The second kappa shape index (κ2) is 6.15. The van der Waals surface area contributed by atoms with Crippen LogP contribution in [-0.2, 0) is 12.2 Å². The predicted molar refractivity (Wildman–Crippen MR) is 88.7 cm³/mol. The topological polar surface area (TPSA) is 0 Å². The van der Waals surface area contributed by atoms with Crippen LogP contribution in [0.4, 0.5) is 0 Å². The summed E-state index contributed by atoms with van der Waals surface area (Å²) in [6.45, 7) is 0. The number of thioether (sulfide) groups is 1. The molecule has 1 aromatic carbocycles. The highest BCUT2D eigenvalue weighted by Crippen LogP contribution is 2.39. The first-order chi connectivity index (χ1) is 9.38. The van der Waals surface area contributed by atoms with Crippen LogP contribution in [0, 0.1) is 0 Å².